The first-order valence-electron chi connectivity index (χ1n) is 5.98. The van der Waals surface area contributed by atoms with Gasteiger partial charge in [0.15, 0.2) is 0 Å². The summed E-state index contributed by atoms with van der Waals surface area (Å²) in [6.45, 7) is 0. The van der Waals surface area contributed by atoms with Crippen LogP contribution in [0.25, 0.3) is 22.0 Å². The Hall–Kier alpha value is -2.88. The van der Waals surface area contributed by atoms with Gasteiger partial charge in [-0.2, -0.15) is 0 Å². The fraction of sp³-hybridized carbons (Fsp3) is 0. The zero-order valence-electron chi connectivity index (χ0n) is 10.4. The van der Waals surface area contributed by atoms with Crippen molar-refractivity contribution in [2.45, 2.75) is 0 Å². The van der Waals surface area contributed by atoms with Crippen LogP contribution in [0.15, 0.2) is 48.7 Å². The molecule has 0 aliphatic heterocycles. The van der Waals surface area contributed by atoms with Crippen molar-refractivity contribution in [2.75, 3.05) is 0 Å². The quantitative estimate of drug-likeness (QED) is 0.746. The second kappa shape index (κ2) is 4.66. The van der Waals surface area contributed by atoms with Crippen molar-refractivity contribution in [3.05, 3.63) is 60.3 Å². The van der Waals surface area contributed by atoms with Crippen LogP contribution in [0, 0.1) is 6.07 Å². The van der Waals surface area contributed by atoms with Crippen LogP contribution >= 0.6 is 0 Å². The molecule has 1 radical (unpaired) electrons. The lowest BCUT2D eigenvalue weighted by atomic mass is 10.0. The molecule has 0 amide bonds. The Bertz CT molecular complexity index is 797. The normalized spacial score (nSPS) is 10.6. The molecule has 0 saturated carbocycles. The molecule has 1 heterocycles. The van der Waals surface area contributed by atoms with Crippen LogP contribution in [-0.2, 0) is 0 Å². The summed E-state index contributed by atoms with van der Waals surface area (Å²) in [6.07, 6.45) is 1.16. The number of carbonyl (C=O) groups is 1. The molecule has 0 bridgehead atoms. The highest BCUT2D eigenvalue weighted by Crippen LogP contribution is 2.29. The highest BCUT2D eigenvalue weighted by Gasteiger charge is 2.15. The van der Waals surface area contributed by atoms with Gasteiger partial charge in [0.1, 0.15) is 11.3 Å². The van der Waals surface area contributed by atoms with Crippen molar-refractivity contribution < 1.29 is 15.0 Å². The summed E-state index contributed by atoms with van der Waals surface area (Å²) in [6, 6.07) is 15.6. The molecule has 0 saturated heterocycles. The number of rotatable bonds is 2. The summed E-state index contributed by atoms with van der Waals surface area (Å²) in [5.74, 6) is -1.50. The Kier molecular flexibility index (Phi) is 2.84. The van der Waals surface area contributed by atoms with E-state index in [0.717, 1.165) is 17.3 Å². The molecule has 0 fully saturated rings. The number of benzene rings is 2. The fourth-order valence-corrected chi connectivity index (χ4v) is 2.17. The van der Waals surface area contributed by atoms with Gasteiger partial charge in [0.25, 0.3) is 0 Å². The van der Waals surface area contributed by atoms with Crippen LogP contribution in [0.5, 0.6) is 5.75 Å². The standard InChI is InChI=1S/C16H10NO3/c18-14-9-17-13-7-6-11(10-4-2-1-3-5-10)8-12(13)15(14)16(19)20/h2-9,18H,(H,19,20). The summed E-state index contributed by atoms with van der Waals surface area (Å²) in [5, 5.41) is 19.3. The third-order valence-electron chi connectivity index (χ3n) is 3.11. The lowest BCUT2D eigenvalue weighted by Gasteiger charge is -2.07. The van der Waals surface area contributed by atoms with Gasteiger partial charge in [-0.1, -0.05) is 30.3 Å². The van der Waals surface area contributed by atoms with E-state index in [1.807, 2.05) is 18.2 Å². The Morgan fingerprint density at radius 2 is 1.85 bits per heavy atom. The molecule has 0 aliphatic carbocycles. The molecule has 20 heavy (non-hydrogen) atoms. The van der Waals surface area contributed by atoms with E-state index in [2.05, 4.69) is 11.1 Å². The van der Waals surface area contributed by atoms with E-state index < -0.39 is 5.97 Å². The Morgan fingerprint density at radius 3 is 2.55 bits per heavy atom. The molecule has 0 unspecified atom stereocenters. The summed E-state index contributed by atoms with van der Waals surface area (Å²) >= 11 is 0. The molecule has 97 valence electrons. The molecule has 0 spiro atoms. The fourth-order valence-electron chi connectivity index (χ4n) is 2.17. The number of nitrogens with zero attached hydrogens (tertiary/aromatic N) is 1. The van der Waals surface area contributed by atoms with Crippen LogP contribution in [0.1, 0.15) is 10.4 Å². The summed E-state index contributed by atoms with van der Waals surface area (Å²) < 4.78 is 0. The van der Waals surface area contributed by atoms with E-state index in [1.165, 1.54) is 0 Å². The molecule has 4 nitrogen and oxygen atoms in total. The van der Waals surface area contributed by atoms with Gasteiger partial charge in [-0.25, -0.2) is 4.79 Å². The van der Waals surface area contributed by atoms with Crippen LogP contribution in [0.2, 0.25) is 0 Å². The first kappa shape index (κ1) is 12.2. The molecule has 1 aromatic heterocycles. The van der Waals surface area contributed by atoms with Crippen molar-refractivity contribution in [1.82, 2.24) is 4.98 Å². The first-order valence-corrected chi connectivity index (χ1v) is 5.98. The highest BCUT2D eigenvalue weighted by molar-refractivity contribution is 6.05. The van der Waals surface area contributed by atoms with Gasteiger partial charge in [-0.3, -0.25) is 4.98 Å². The van der Waals surface area contributed by atoms with Crippen molar-refractivity contribution in [2.24, 2.45) is 0 Å². The van der Waals surface area contributed by atoms with Gasteiger partial charge in [0.2, 0.25) is 0 Å². The summed E-state index contributed by atoms with van der Waals surface area (Å²) in [4.78, 5) is 15.3. The topological polar surface area (TPSA) is 70.4 Å². The Morgan fingerprint density at radius 1 is 1.10 bits per heavy atom. The Labute approximate surface area is 115 Å². The number of carboxylic acids is 1. The van der Waals surface area contributed by atoms with Crippen LogP contribution < -0.4 is 0 Å². The molecule has 0 atom stereocenters. The van der Waals surface area contributed by atoms with Crippen molar-refractivity contribution in [3.63, 3.8) is 0 Å². The predicted molar refractivity (Wildman–Crippen MR) is 74.6 cm³/mol. The lowest BCUT2D eigenvalue weighted by Crippen LogP contribution is -1.99. The van der Waals surface area contributed by atoms with Crippen molar-refractivity contribution in [3.8, 4) is 16.9 Å². The number of aromatic hydroxyl groups is 1. The maximum Gasteiger partial charge on any atom is 0.340 e. The minimum Gasteiger partial charge on any atom is -0.505 e. The van der Waals surface area contributed by atoms with Gasteiger partial charge in [0, 0.05) is 5.39 Å². The van der Waals surface area contributed by atoms with Crippen LogP contribution in [0.3, 0.4) is 0 Å². The number of hydrogen-bond acceptors (Lipinski definition) is 3. The zero-order valence-corrected chi connectivity index (χ0v) is 10.4. The minimum atomic E-state index is -1.17. The van der Waals surface area contributed by atoms with E-state index in [9.17, 15) is 15.0 Å². The highest BCUT2D eigenvalue weighted by atomic mass is 16.4. The van der Waals surface area contributed by atoms with Gasteiger partial charge in [0.05, 0.1) is 11.7 Å². The zero-order chi connectivity index (χ0) is 14.1. The van der Waals surface area contributed by atoms with Crippen molar-refractivity contribution in [1.29, 1.82) is 0 Å². The van der Waals surface area contributed by atoms with Gasteiger partial charge >= 0.3 is 5.97 Å². The third-order valence-corrected chi connectivity index (χ3v) is 3.11. The number of carboxylic acid groups (broad SMARTS) is 1. The number of aromatic nitrogens is 1. The van der Waals surface area contributed by atoms with Crippen molar-refractivity contribution >= 4 is 16.9 Å². The number of pyridine rings is 1. The largest absolute Gasteiger partial charge is 0.505 e. The second-order valence-electron chi connectivity index (χ2n) is 4.34. The van der Waals surface area contributed by atoms with Gasteiger partial charge in [-0.15, -0.1) is 0 Å². The van der Waals surface area contributed by atoms with E-state index in [0.29, 0.717) is 10.9 Å². The van der Waals surface area contributed by atoms with E-state index in [4.69, 9.17) is 0 Å². The third kappa shape index (κ3) is 1.97. The summed E-state index contributed by atoms with van der Waals surface area (Å²) in [7, 11) is 0. The van der Waals surface area contributed by atoms with E-state index >= 15 is 0 Å². The monoisotopic (exact) mass is 264 g/mol. The summed E-state index contributed by atoms with van der Waals surface area (Å²) in [5.41, 5.74) is 2.22. The van der Waals surface area contributed by atoms with Gasteiger partial charge < -0.3 is 10.2 Å². The molecular weight excluding hydrogens is 254 g/mol. The maximum absolute atomic E-state index is 11.3. The molecular formula is C16H10NO3. The number of aromatic carboxylic acids is 1. The number of hydrogen-bond donors (Lipinski definition) is 2. The lowest BCUT2D eigenvalue weighted by molar-refractivity contribution is 0.0696. The predicted octanol–water partition coefficient (Wildman–Crippen LogP) is 3.11. The Balaban J connectivity index is 2.30. The molecule has 3 aromatic rings. The average Bonchev–Trinajstić information content (AvgIpc) is 2.47. The van der Waals surface area contributed by atoms with Crippen LogP contribution in [-0.4, -0.2) is 21.2 Å². The molecule has 4 heteroatoms. The van der Waals surface area contributed by atoms with E-state index in [-0.39, 0.29) is 11.3 Å². The first-order chi connectivity index (χ1) is 9.66. The van der Waals surface area contributed by atoms with Gasteiger partial charge in [-0.05, 0) is 29.3 Å². The second-order valence-corrected chi connectivity index (χ2v) is 4.34. The average molecular weight is 264 g/mol. The maximum atomic E-state index is 11.3. The molecule has 0 aliphatic rings. The minimum absolute atomic E-state index is 0.126. The molecule has 3 rings (SSSR count). The number of fused-ring (bicyclic) bond motifs is 1. The van der Waals surface area contributed by atoms with E-state index in [1.54, 1.807) is 24.3 Å². The molecule has 2 N–H and O–H groups in total. The van der Waals surface area contributed by atoms with Crippen LogP contribution in [0.4, 0.5) is 0 Å². The molecule has 2 aromatic carbocycles. The smallest absolute Gasteiger partial charge is 0.340 e. The SMILES string of the molecule is O=C(O)c1c(O)cnc2ccc(-c3cc[c]cc3)cc12.